The molecule has 0 aromatic heterocycles. The van der Waals surface area contributed by atoms with Gasteiger partial charge in [-0.1, -0.05) is 49.7 Å². The van der Waals surface area contributed by atoms with Gasteiger partial charge >= 0.3 is 0 Å². The lowest BCUT2D eigenvalue weighted by molar-refractivity contribution is -0.125. The second-order valence-corrected chi connectivity index (χ2v) is 8.60. The van der Waals surface area contributed by atoms with Crippen molar-refractivity contribution < 1.29 is 14.0 Å². The van der Waals surface area contributed by atoms with Crippen LogP contribution in [0.1, 0.15) is 35.1 Å². The molecule has 148 valence electrons. The molecule has 0 bridgehead atoms. The molecule has 28 heavy (non-hydrogen) atoms. The lowest BCUT2D eigenvalue weighted by atomic mass is 10.1. The van der Waals surface area contributed by atoms with E-state index in [1.807, 2.05) is 13.8 Å². The Bertz CT molecular complexity index is 860. The van der Waals surface area contributed by atoms with Gasteiger partial charge in [0.25, 0.3) is 5.91 Å². The van der Waals surface area contributed by atoms with Crippen molar-refractivity contribution >= 4 is 35.2 Å². The summed E-state index contributed by atoms with van der Waals surface area (Å²) in [6, 6.07) is 12.2. The predicted octanol–water partition coefficient (Wildman–Crippen LogP) is 4.51. The van der Waals surface area contributed by atoms with Crippen LogP contribution >= 0.6 is 23.4 Å². The van der Waals surface area contributed by atoms with Gasteiger partial charge in [0.1, 0.15) is 17.2 Å². The Morgan fingerprint density at radius 1 is 1.21 bits per heavy atom. The zero-order valence-corrected chi connectivity index (χ0v) is 17.3. The number of carbonyl (C=O) groups excluding carboxylic acids is 2. The SMILES string of the molecule is CC(C)CNC(=O)[C@H]1CS[C@H](c2ccc(F)cc2)N1C(=O)c1ccccc1Cl. The molecule has 2 atom stereocenters. The Hall–Kier alpha value is -2.05. The molecular formula is C21H22ClFN2O2S. The molecule has 4 nitrogen and oxygen atoms in total. The van der Waals surface area contributed by atoms with E-state index < -0.39 is 6.04 Å². The average Bonchev–Trinajstić information content (AvgIpc) is 3.11. The number of benzene rings is 2. The van der Waals surface area contributed by atoms with Crippen LogP contribution in [0.15, 0.2) is 48.5 Å². The number of amides is 2. The maximum absolute atomic E-state index is 13.4. The van der Waals surface area contributed by atoms with Gasteiger partial charge in [-0.2, -0.15) is 0 Å². The number of thioether (sulfide) groups is 1. The minimum atomic E-state index is -0.623. The monoisotopic (exact) mass is 420 g/mol. The van der Waals surface area contributed by atoms with Crippen LogP contribution in [0.2, 0.25) is 5.02 Å². The first-order chi connectivity index (χ1) is 13.4. The molecule has 0 aliphatic carbocycles. The van der Waals surface area contributed by atoms with Gasteiger partial charge < -0.3 is 10.2 Å². The van der Waals surface area contributed by atoms with E-state index in [0.29, 0.717) is 28.8 Å². The van der Waals surface area contributed by atoms with Crippen LogP contribution in [0.5, 0.6) is 0 Å². The van der Waals surface area contributed by atoms with Gasteiger partial charge in [-0.15, -0.1) is 11.8 Å². The Labute approximate surface area is 173 Å². The van der Waals surface area contributed by atoms with Crippen molar-refractivity contribution in [1.29, 1.82) is 0 Å². The van der Waals surface area contributed by atoms with Crippen LogP contribution in [0.3, 0.4) is 0 Å². The highest BCUT2D eigenvalue weighted by Crippen LogP contribution is 2.42. The average molecular weight is 421 g/mol. The summed E-state index contributed by atoms with van der Waals surface area (Å²) in [5.41, 5.74) is 1.12. The highest BCUT2D eigenvalue weighted by atomic mass is 35.5. The van der Waals surface area contributed by atoms with E-state index in [-0.39, 0.29) is 23.0 Å². The number of hydrogen-bond acceptors (Lipinski definition) is 3. The van der Waals surface area contributed by atoms with Crippen LogP contribution < -0.4 is 5.32 Å². The molecular weight excluding hydrogens is 399 g/mol. The van der Waals surface area contributed by atoms with Crippen LogP contribution in [0, 0.1) is 11.7 Å². The van der Waals surface area contributed by atoms with Gasteiger partial charge in [-0.05, 0) is 35.7 Å². The Balaban J connectivity index is 1.94. The van der Waals surface area contributed by atoms with Crippen molar-refractivity contribution in [3.05, 3.63) is 70.5 Å². The highest BCUT2D eigenvalue weighted by Gasteiger charge is 2.42. The van der Waals surface area contributed by atoms with Crippen LogP contribution in [0.25, 0.3) is 0 Å². The van der Waals surface area contributed by atoms with Gasteiger partial charge in [-0.25, -0.2) is 4.39 Å². The van der Waals surface area contributed by atoms with E-state index >= 15 is 0 Å². The van der Waals surface area contributed by atoms with E-state index in [4.69, 9.17) is 11.6 Å². The topological polar surface area (TPSA) is 49.4 Å². The van der Waals surface area contributed by atoms with Crippen LogP contribution in [0.4, 0.5) is 4.39 Å². The zero-order valence-electron chi connectivity index (χ0n) is 15.7. The third kappa shape index (κ3) is 4.50. The molecule has 3 rings (SSSR count). The van der Waals surface area contributed by atoms with Crippen LogP contribution in [-0.4, -0.2) is 35.1 Å². The lowest BCUT2D eigenvalue weighted by Crippen LogP contribution is -2.48. The largest absolute Gasteiger partial charge is 0.354 e. The fraction of sp³-hybridized carbons (Fsp3) is 0.333. The number of nitrogens with one attached hydrogen (secondary N) is 1. The van der Waals surface area contributed by atoms with Crippen molar-refractivity contribution in [2.24, 2.45) is 5.92 Å². The molecule has 2 amide bonds. The van der Waals surface area contributed by atoms with Gasteiger partial charge in [0.15, 0.2) is 0 Å². The Kier molecular flexibility index (Phi) is 6.62. The Morgan fingerprint density at radius 2 is 1.89 bits per heavy atom. The summed E-state index contributed by atoms with van der Waals surface area (Å²) in [5, 5.41) is 2.86. The summed E-state index contributed by atoms with van der Waals surface area (Å²) in [6.45, 7) is 4.56. The second kappa shape index (κ2) is 8.97. The Morgan fingerprint density at radius 3 is 2.54 bits per heavy atom. The molecule has 7 heteroatoms. The van der Waals surface area contributed by atoms with Crippen LogP contribution in [-0.2, 0) is 4.79 Å². The predicted molar refractivity (Wildman–Crippen MR) is 111 cm³/mol. The molecule has 0 saturated carbocycles. The summed E-state index contributed by atoms with van der Waals surface area (Å²) < 4.78 is 13.4. The van der Waals surface area contributed by atoms with Gasteiger partial charge in [0, 0.05) is 12.3 Å². The number of halogens is 2. The van der Waals surface area contributed by atoms with Crippen molar-refractivity contribution in [3.63, 3.8) is 0 Å². The quantitative estimate of drug-likeness (QED) is 0.774. The highest BCUT2D eigenvalue weighted by molar-refractivity contribution is 7.99. The zero-order chi connectivity index (χ0) is 20.3. The van der Waals surface area contributed by atoms with E-state index in [0.717, 1.165) is 5.56 Å². The van der Waals surface area contributed by atoms with Gasteiger partial charge in [-0.3, -0.25) is 9.59 Å². The first kappa shape index (κ1) is 20.7. The fourth-order valence-electron chi connectivity index (χ4n) is 3.04. The number of carbonyl (C=O) groups is 2. The third-order valence-electron chi connectivity index (χ3n) is 4.48. The summed E-state index contributed by atoms with van der Waals surface area (Å²) >= 11 is 7.73. The van der Waals surface area contributed by atoms with Crippen molar-refractivity contribution in [1.82, 2.24) is 10.2 Å². The molecule has 0 radical (unpaired) electrons. The molecule has 1 N–H and O–H groups in total. The number of nitrogens with zero attached hydrogens (tertiary/aromatic N) is 1. The summed E-state index contributed by atoms with van der Waals surface area (Å²) in [5.74, 6) is -0.0799. The second-order valence-electron chi connectivity index (χ2n) is 7.08. The summed E-state index contributed by atoms with van der Waals surface area (Å²) in [4.78, 5) is 27.7. The minimum absolute atomic E-state index is 0.189. The molecule has 1 fully saturated rings. The summed E-state index contributed by atoms with van der Waals surface area (Å²) in [7, 11) is 0. The van der Waals surface area contributed by atoms with E-state index in [9.17, 15) is 14.0 Å². The smallest absolute Gasteiger partial charge is 0.257 e. The molecule has 0 spiro atoms. The lowest BCUT2D eigenvalue weighted by Gasteiger charge is -2.29. The van der Waals surface area contributed by atoms with Crippen molar-refractivity contribution in [2.45, 2.75) is 25.3 Å². The molecule has 1 heterocycles. The minimum Gasteiger partial charge on any atom is -0.354 e. The maximum Gasteiger partial charge on any atom is 0.257 e. The molecule has 1 aliphatic heterocycles. The molecule has 1 saturated heterocycles. The first-order valence-electron chi connectivity index (χ1n) is 9.10. The molecule has 2 aromatic rings. The standard InChI is InChI=1S/C21H22ClFN2O2S/c1-13(2)11-24-19(26)18-12-28-21(14-7-9-15(23)10-8-14)25(18)20(27)16-5-3-4-6-17(16)22/h3-10,13,18,21H,11-12H2,1-2H3,(H,24,26)/t18-,21-/m1/s1. The maximum atomic E-state index is 13.4. The molecule has 1 aliphatic rings. The number of hydrogen-bond donors (Lipinski definition) is 1. The summed E-state index contributed by atoms with van der Waals surface area (Å²) in [6.07, 6.45) is 0. The van der Waals surface area contributed by atoms with E-state index in [2.05, 4.69) is 5.32 Å². The fourth-order valence-corrected chi connectivity index (χ4v) is 4.68. The third-order valence-corrected chi connectivity index (χ3v) is 6.13. The van der Waals surface area contributed by atoms with Crippen molar-refractivity contribution in [3.8, 4) is 0 Å². The van der Waals surface area contributed by atoms with E-state index in [1.54, 1.807) is 41.3 Å². The van der Waals surface area contributed by atoms with Gasteiger partial charge in [0.05, 0.1) is 10.6 Å². The van der Waals surface area contributed by atoms with Crippen molar-refractivity contribution in [2.75, 3.05) is 12.3 Å². The number of rotatable bonds is 5. The molecule has 0 unspecified atom stereocenters. The van der Waals surface area contributed by atoms with Gasteiger partial charge in [0.2, 0.25) is 5.91 Å². The normalized spacial score (nSPS) is 19.1. The first-order valence-corrected chi connectivity index (χ1v) is 10.5. The molecule has 2 aromatic carbocycles. The van der Waals surface area contributed by atoms with E-state index in [1.165, 1.54) is 23.9 Å².